The van der Waals surface area contributed by atoms with E-state index < -0.39 is 11.7 Å². The third-order valence-electron chi connectivity index (χ3n) is 3.61. The molecule has 1 aliphatic heterocycles. The Morgan fingerprint density at radius 3 is 2.24 bits per heavy atom. The zero-order chi connectivity index (χ0) is 14.6. The maximum absolute atomic E-state index is 12.6. The van der Waals surface area contributed by atoms with E-state index in [0.717, 1.165) is 50.3 Å². The van der Waals surface area contributed by atoms with Crippen molar-refractivity contribution < 1.29 is 13.2 Å². The van der Waals surface area contributed by atoms with E-state index in [0.29, 0.717) is 0 Å². The Kier molecular flexibility index (Phi) is 6.71. The normalized spacial score (nSPS) is 17.9. The Morgan fingerprint density at radius 2 is 1.76 bits per heavy atom. The first-order chi connectivity index (χ1) is 9.52. The molecule has 0 aromatic heterocycles. The Bertz CT molecular complexity index is 439. The lowest BCUT2D eigenvalue weighted by atomic mass is 9.99. The summed E-state index contributed by atoms with van der Waals surface area (Å²) in [5.41, 5.74) is 0.318. The van der Waals surface area contributed by atoms with Crippen LogP contribution in [0.1, 0.15) is 23.6 Å². The summed E-state index contributed by atoms with van der Waals surface area (Å²) in [4.78, 5) is 2.29. The number of hydrogen-bond acceptors (Lipinski definition) is 2. The van der Waals surface area contributed by atoms with Crippen LogP contribution in [0.2, 0.25) is 0 Å². The van der Waals surface area contributed by atoms with Gasteiger partial charge in [-0.2, -0.15) is 13.2 Å². The molecule has 0 unspecified atom stereocenters. The maximum Gasteiger partial charge on any atom is 0.416 e. The fourth-order valence-corrected chi connectivity index (χ4v) is 2.54. The van der Waals surface area contributed by atoms with E-state index in [4.69, 9.17) is 0 Å². The summed E-state index contributed by atoms with van der Waals surface area (Å²) < 4.78 is 37.8. The number of hydrogen-bond donors (Lipinski definition) is 1. The molecule has 0 aliphatic carbocycles. The van der Waals surface area contributed by atoms with Crippen LogP contribution in [0.3, 0.4) is 0 Å². The Labute approximate surface area is 129 Å². The lowest BCUT2D eigenvalue weighted by Crippen LogP contribution is -2.45. The zero-order valence-corrected chi connectivity index (χ0v) is 12.5. The minimum absolute atomic E-state index is 0. The third kappa shape index (κ3) is 4.73. The summed E-state index contributed by atoms with van der Waals surface area (Å²) in [6, 6.07) is 5.59. The van der Waals surface area contributed by atoms with Gasteiger partial charge < -0.3 is 5.32 Å². The van der Waals surface area contributed by atoms with Crippen LogP contribution in [0.25, 0.3) is 0 Å². The van der Waals surface area contributed by atoms with Crippen molar-refractivity contribution in [3.05, 3.63) is 48.0 Å². The molecule has 0 spiro atoms. The molecule has 118 valence electrons. The first kappa shape index (κ1) is 18.0. The largest absolute Gasteiger partial charge is 0.416 e. The highest BCUT2D eigenvalue weighted by atomic mass is 35.5. The van der Waals surface area contributed by atoms with Crippen LogP contribution >= 0.6 is 12.4 Å². The zero-order valence-electron chi connectivity index (χ0n) is 11.7. The van der Waals surface area contributed by atoms with Crippen LogP contribution in [0.5, 0.6) is 0 Å². The average Bonchev–Trinajstić information content (AvgIpc) is 2.45. The van der Waals surface area contributed by atoms with Gasteiger partial charge in [0, 0.05) is 32.2 Å². The molecule has 1 atom stereocenters. The van der Waals surface area contributed by atoms with Crippen LogP contribution in [-0.2, 0) is 6.18 Å². The van der Waals surface area contributed by atoms with Gasteiger partial charge in [0.15, 0.2) is 0 Å². The van der Waals surface area contributed by atoms with Crippen LogP contribution in [0.4, 0.5) is 13.2 Å². The number of nitrogens with zero attached hydrogens (tertiary/aromatic N) is 1. The molecule has 0 amide bonds. The molecule has 6 heteroatoms. The molecule has 2 rings (SSSR count). The number of alkyl halides is 3. The van der Waals surface area contributed by atoms with E-state index in [1.165, 1.54) is 0 Å². The molecule has 1 aliphatic rings. The molecule has 2 nitrogen and oxygen atoms in total. The van der Waals surface area contributed by atoms with Crippen molar-refractivity contribution in [2.75, 3.05) is 26.2 Å². The molecular formula is C15H20ClF3N2. The summed E-state index contributed by atoms with van der Waals surface area (Å²) in [6.07, 6.45) is -1.71. The smallest absolute Gasteiger partial charge is 0.314 e. The molecule has 1 aromatic carbocycles. The highest BCUT2D eigenvalue weighted by Gasteiger charge is 2.30. The predicted molar refractivity (Wildman–Crippen MR) is 80.7 cm³/mol. The van der Waals surface area contributed by atoms with E-state index in [-0.39, 0.29) is 18.4 Å². The van der Waals surface area contributed by atoms with Crippen molar-refractivity contribution >= 4 is 12.4 Å². The standard InChI is InChI=1S/C15H19F3N2.ClH/c1-2-3-14(20-10-8-19-9-11-20)12-4-6-13(7-5-12)15(16,17)18;/h2,4-7,14,19H,1,3,8-11H2;1H/t14-;/m1./s1. The van der Waals surface area contributed by atoms with Gasteiger partial charge in [0.05, 0.1) is 5.56 Å². The molecule has 1 heterocycles. The lowest BCUT2D eigenvalue weighted by molar-refractivity contribution is -0.137. The first-order valence-electron chi connectivity index (χ1n) is 6.75. The van der Waals surface area contributed by atoms with Crippen LogP contribution in [0, 0.1) is 0 Å². The van der Waals surface area contributed by atoms with Gasteiger partial charge in [-0.05, 0) is 24.1 Å². The van der Waals surface area contributed by atoms with Crippen LogP contribution in [0.15, 0.2) is 36.9 Å². The van der Waals surface area contributed by atoms with Crippen LogP contribution < -0.4 is 5.32 Å². The minimum atomic E-state index is -4.28. The Hall–Kier alpha value is -1.04. The summed E-state index contributed by atoms with van der Waals surface area (Å²) in [5, 5.41) is 3.28. The number of piperazine rings is 1. The number of benzene rings is 1. The molecule has 1 saturated heterocycles. The molecule has 1 N–H and O–H groups in total. The second kappa shape index (κ2) is 7.82. The fraction of sp³-hybridized carbons (Fsp3) is 0.467. The summed E-state index contributed by atoms with van der Waals surface area (Å²) >= 11 is 0. The van der Waals surface area contributed by atoms with E-state index in [9.17, 15) is 13.2 Å². The molecule has 0 radical (unpaired) electrons. The quantitative estimate of drug-likeness (QED) is 0.852. The van der Waals surface area contributed by atoms with Crippen molar-refractivity contribution in [3.8, 4) is 0 Å². The number of nitrogens with one attached hydrogen (secondary N) is 1. The van der Waals surface area contributed by atoms with Crippen molar-refractivity contribution in [3.63, 3.8) is 0 Å². The van der Waals surface area contributed by atoms with Gasteiger partial charge >= 0.3 is 6.18 Å². The third-order valence-corrected chi connectivity index (χ3v) is 3.61. The van der Waals surface area contributed by atoms with E-state index >= 15 is 0 Å². The molecule has 0 saturated carbocycles. The number of rotatable bonds is 4. The molecule has 21 heavy (non-hydrogen) atoms. The van der Waals surface area contributed by atoms with Crippen molar-refractivity contribution in [2.24, 2.45) is 0 Å². The lowest BCUT2D eigenvalue weighted by Gasteiger charge is -2.35. The van der Waals surface area contributed by atoms with E-state index in [1.807, 2.05) is 6.08 Å². The van der Waals surface area contributed by atoms with Crippen molar-refractivity contribution in [1.82, 2.24) is 10.2 Å². The van der Waals surface area contributed by atoms with Gasteiger partial charge in [0.2, 0.25) is 0 Å². The van der Waals surface area contributed by atoms with Gasteiger partial charge in [-0.25, -0.2) is 0 Å². The van der Waals surface area contributed by atoms with Gasteiger partial charge in [-0.1, -0.05) is 18.2 Å². The second-order valence-electron chi connectivity index (χ2n) is 4.95. The van der Waals surface area contributed by atoms with E-state index in [2.05, 4.69) is 16.8 Å². The molecule has 0 bridgehead atoms. The van der Waals surface area contributed by atoms with Crippen molar-refractivity contribution in [1.29, 1.82) is 0 Å². The van der Waals surface area contributed by atoms with Gasteiger partial charge in [-0.15, -0.1) is 19.0 Å². The first-order valence-corrected chi connectivity index (χ1v) is 6.75. The van der Waals surface area contributed by atoms with Gasteiger partial charge in [0.1, 0.15) is 0 Å². The monoisotopic (exact) mass is 320 g/mol. The Morgan fingerprint density at radius 1 is 1.19 bits per heavy atom. The molecular weight excluding hydrogens is 301 g/mol. The average molecular weight is 321 g/mol. The molecule has 1 aromatic rings. The minimum Gasteiger partial charge on any atom is -0.314 e. The highest BCUT2D eigenvalue weighted by molar-refractivity contribution is 5.85. The summed E-state index contributed by atoms with van der Waals surface area (Å²) in [7, 11) is 0. The molecule has 1 fully saturated rings. The summed E-state index contributed by atoms with van der Waals surface area (Å²) in [6.45, 7) is 7.38. The second-order valence-corrected chi connectivity index (χ2v) is 4.95. The van der Waals surface area contributed by atoms with Gasteiger partial charge in [0.25, 0.3) is 0 Å². The topological polar surface area (TPSA) is 15.3 Å². The van der Waals surface area contributed by atoms with Gasteiger partial charge in [-0.3, -0.25) is 4.90 Å². The van der Waals surface area contributed by atoms with E-state index in [1.54, 1.807) is 12.1 Å². The predicted octanol–water partition coefficient (Wildman–Crippen LogP) is 3.65. The van der Waals surface area contributed by atoms with Crippen LogP contribution in [-0.4, -0.2) is 31.1 Å². The number of halogens is 4. The fourth-order valence-electron chi connectivity index (χ4n) is 2.54. The maximum atomic E-state index is 12.6. The highest BCUT2D eigenvalue weighted by Crippen LogP contribution is 2.31. The Balaban J connectivity index is 0.00000220. The summed E-state index contributed by atoms with van der Waals surface area (Å²) in [5.74, 6) is 0. The SMILES string of the molecule is C=CC[C@H](c1ccc(C(F)(F)F)cc1)N1CCNCC1.Cl. The van der Waals surface area contributed by atoms with Crippen molar-refractivity contribution in [2.45, 2.75) is 18.6 Å².